The van der Waals surface area contributed by atoms with E-state index in [1.54, 1.807) is 18.3 Å². The summed E-state index contributed by atoms with van der Waals surface area (Å²) < 4.78 is 16.8. The summed E-state index contributed by atoms with van der Waals surface area (Å²) in [6.45, 7) is 0. The van der Waals surface area contributed by atoms with Crippen LogP contribution in [0.3, 0.4) is 0 Å². The van der Waals surface area contributed by atoms with E-state index < -0.39 is 6.17 Å². The molecular formula is C23H24FN9O. The Bertz CT molecular complexity index is 1240. The largest absolute Gasteiger partial charge is 0.507 e. The van der Waals surface area contributed by atoms with Crippen molar-refractivity contribution >= 4 is 5.95 Å². The molecule has 3 aliphatic rings. The lowest BCUT2D eigenvalue weighted by atomic mass is 9.82. The summed E-state index contributed by atoms with van der Waals surface area (Å²) in [5, 5.41) is 39.2. The molecule has 0 spiro atoms. The highest BCUT2D eigenvalue weighted by Gasteiger charge is 2.47. The van der Waals surface area contributed by atoms with Crippen LogP contribution in [0.2, 0.25) is 0 Å². The van der Waals surface area contributed by atoms with Crippen LogP contribution in [0.25, 0.3) is 16.9 Å². The van der Waals surface area contributed by atoms with Crippen molar-refractivity contribution in [2.75, 3.05) is 4.90 Å². The van der Waals surface area contributed by atoms with Gasteiger partial charge >= 0.3 is 0 Å². The number of aromatic nitrogens is 6. The molecule has 4 heterocycles. The molecule has 2 aliphatic heterocycles. The maximum atomic E-state index is 15.4. The Kier molecular flexibility index (Phi) is 5.10. The van der Waals surface area contributed by atoms with Crippen molar-refractivity contribution < 1.29 is 9.50 Å². The first-order chi connectivity index (χ1) is 16.6. The topological polar surface area (TPSA) is 129 Å². The van der Waals surface area contributed by atoms with Crippen LogP contribution in [0, 0.1) is 11.3 Å². The molecule has 2 aromatic heterocycles. The Morgan fingerprint density at radius 1 is 1.18 bits per heavy atom. The number of aromatic hydroxyl groups is 1. The van der Waals surface area contributed by atoms with E-state index in [4.69, 9.17) is 5.26 Å². The Morgan fingerprint density at radius 3 is 2.76 bits per heavy atom. The average Bonchev–Trinajstić information content (AvgIpc) is 3.57. The van der Waals surface area contributed by atoms with E-state index in [9.17, 15) is 5.11 Å². The van der Waals surface area contributed by atoms with E-state index >= 15 is 4.39 Å². The van der Waals surface area contributed by atoms with Crippen LogP contribution in [-0.4, -0.2) is 65.6 Å². The van der Waals surface area contributed by atoms with E-state index in [2.05, 4.69) is 30.8 Å². The molecule has 3 aromatic rings. The van der Waals surface area contributed by atoms with Crippen molar-refractivity contribution in [2.24, 2.45) is 0 Å². The SMILES string of the molecule is N#Cc1cn(-c2ccc(-c3cnc(N(C4CC4)[C@H]4C[C@@H]5CCC[C@H](N5)[C@H]4F)nn3)c(O)c2)nn1. The standard InChI is InChI=1S/C23H24FN9O/c24-22-18-3-1-2-13(27-18)8-20(22)33(15-4-5-15)23-26-11-19(29-30-23)17-7-6-16(9-21(17)34)32-12-14(10-25)28-31-32/h6-7,9,11-13,15,18,20,22,27,34H,1-5,8H2/t13-,18-,20-,22+/m0/s1. The molecule has 2 saturated heterocycles. The predicted octanol–water partition coefficient (Wildman–Crippen LogP) is 2.29. The van der Waals surface area contributed by atoms with Gasteiger partial charge in [0.2, 0.25) is 5.95 Å². The molecule has 0 amide bonds. The van der Waals surface area contributed by atoms with Crippen LogP contribution in [0.15, 0.2) is 30.6 Å². The number of nitrogens with one attached hydrogen (secondary N) is 1. The second-order valence-corrected chi connectivity index (χ2v) is 9.29. The maximum Gasteiger partial charge on any atom is 0.245 e. The Balaban J connectivity index is 1.25. The van der Waals surface area contributed by atoms with Gasteiger partial charge in [-0.1, -0.05) is 11.6 Å². The van der Waals surface area contributed by atoms with Gasteiger partial charge in [-0.05, 0) is 44.2 Å². The lowest BCUT2D eigenvalue weighted by Gasteiger charge is -2.46. The van der Waals surface area contributed by atoms with Gasteiger partial charge < -0.3 is 15.3 Å². The molecule has 0 unspecified atom stereocenters. The van der Waals surface area contributed by atoms with Crippen molar-refractivity contribution in [2.45, 2.75) is 68.9 Å². The summed E-state index contributed by atoms with van der Waals surface area (Å²) in [7, 11) is 0. The van der Waals surface area contributed by atoms with E-state index in [0.29, 0.717) is 28.9 Å². The number of rotatable bonds is 5. The number of phenolic OH excluding ortho intramolecular Hbond substituents is 1. The van der Waals surface area contributed by atoms with Crippen molar-refractivity contribution in [3.8, 4) is 28.8 Å². The van der Waals surface area contributed by atoms with Crippen molar-refractivity contribution in [3.63, 3.8) is 0 Å². The van der Waals surface area contributed by atoms with Gasteiger partial charge in [-0.15, -0.1) is 15.3 Å². The number of nitrogens with zero attached hydrogens (tertiary/aromatic N) is 8. The molecule has 1 saturated carbocycles. The normalized spacial score (nSPS) is 26.1. The van der Waals surface area contributed by atoms with Crippen LogP contribution in [0.1, 0.15) is 44.2 Å². The molecule has 11 heteroatoms. The van der Waals surface area contributed by atoms with Gasteiger partial charge in [0, 0.05) is 29.8 Å². The fourth-order valence-electron chi connectivity index (χ4n) is 5.21. The first-order valence-electron chi connectivity index (χ1n) is 11.6. The van der Waals surface area contributed by atoms with Crippen LogP contribution >= 0.6 is 0 Å². The summed E-state index contributed by atoms with van der Waals surface area (Å²) >= 11 is 0. The molecule has 0 radical (unpaired) electrons. The van der Waals surface area contributed by atoms with Gasteiger partial charge in [-0.2, -0.15) is 5.26 Å². The number of phenols is 1. The van der Waals surface area contributed by atoms with Crippen molar-refractivity contribution in [3.05, 3.63) is 36.3 Å². The Morgan fingerprint density at radius 2 is 2.06 bits per heavy atom. The minimum absolute atomic E-state index is 0.0237. The zero-order chi connectivity index (χ0) is 23.2. The molecule has 4 atom stereocenters. The molecular weight excluding hydrogens is 437 g/mol. The smallest absolute Gasteiger partial charge is 0.245 e. The third-order valence-electron chi connectivity index (χ3n) is 7.00. The number of piperidine rings is 2. The van der Waals surface area contributed by atoms with Gasteiger partial charge in [-0.25, -0.2) is 14.1 Å². The first-order valence-corrected chi connectivity index (χ1v) is 11.6. The highest BCUT2D eigenvalue weighted by atomic mass is 19.1. The second kappa shape index (κ2) is 8.29. The lowest BCUT2D eigenvalue weighted by molar-refractivity contribution is 0.103. The second-order valence-electron chi connectivity index (χ2n) is 9.29. The number of alkyl halides is 1. The monoisotopic (exact) mass is 461 g/mol. The zero-order valence-corrected chi connectivity index (χ0v) is 18.4. The summed E-state index contributed by atoms with van der Waals surface area (Å²) in [5.41, 5.74) is 1.62. The molecule has 3 fully saturated rings. The van der Waals surface area contributed by atoms with Crippen LogP contribution in [-0.2, 0) is 0 Å². The first kappa shape index (κ1) is 20.9. The lowest BCUT2D eigenvalue weighted by Crippen LogP contribution is -2.62. The molecule has 6 rings (SSSR count). The average molecular weight is 462 g/mol. The van der Waals surface area contributed by atoms with Crippen molar-refractivity contribution in [1.29, 1.82) is 5.26 Å². The fourth-order valence-corrected chi connectivity index (χ4v) is 5.21. The molecule has 1 aromatic carbocycles. The van der Waals surface area contributed by atoms with Gasteiger partial charge in [0.05, 0.1) is 24.1 Å². The zero-order valence-electron chi connectivity index (χ0n) is 18.4. The quantitative estimate of drug-likeness (QED) is 0.588. The summed E-state index contributed by atoms with van der Waals surface area (Å²) in [4.78, 5) is 6.60. The number of hydrogen-bond donors (Lipinski definition) is 2. The summed E-state index contributed by atoms with van der Waals surface area (Å²) in [6.07, 6.45) is 7.88. The number of nitriles is 1. The molecule has 174 valence electrons. The number of anilines is 1. The Hall–Kier alpha value is -3.65. The van der Waals surface area contributed by atoms with Crippen LogP contribution < -0.4 is 10.2 Å². The van der Waals surface area contributed by atoms with E-state index in [1.165, 1.54) is 16.9 Å². The molecule has 1 aliphatic carbocycles. The van der Waals surface area contributed by atoms with Gasteiger partial charge in [0.1, 0.15) is 23.7 Å². The third-order valence-corrected chi connectivity index (χ3v) is 7.00. The van der Waals surface area contributed by atoms with Crippen LogP contribution in [0.5, 0.6) is 5.75 Å². The highest BCUT2D eigenvalue weighted by molar-refractivity contribution is 5.68. The maximum absolute atomic E-state index is 15.4. The molecule has 10 nitrogen and oxygen atoms in total. The fraction of sp³-hybridized carbons (Fsp3) is 0.478. The minimum Gasteiger partial charge on any atom is -0.507 e. The molecule has 34 heavy (non-hydrogen) atoms. The van der Waals surface area contributed by atoms with Gasteiger partial charge in [0.15, 0.2) is 5.69 Å². The number of hydrogen-bond acceptors (Lipinski definition) is 9. The molecule has 2 N–H and O–H groups in total. The van der Waals surface area contributed by atoms with Gasteiger partial charge in [0.25, 0.3) is 0 Å². The predicted molar refractivity (Wildman–Crippen MR) is 120 cm³/mol. The summed E-state index contributed by atoms with van der Waals surface area (Å²) in [5.74, 6) is 0.422. The Labute approximate surface area is 195 Å². The minimum atomic E-state index is -0.963. The molecule has 2 bridgehead atoms. The van der Waals surface area contributed by atoms with E-state index in [1.807, 2.05) is 11.0 Å². The summed E-state index contributed by atoms with van der Waals surface area (Å²) in [6, 6.07) is 7.10. The van der Waals surface area contributed by atoms with E-state index in [0.717, 1.165) is 38.5 Å². The highest BCUT2D eigenvalue weighted by Crippen LogP contribution is 2.39. The van der Waals surface area contributed by atoms with Crippen molar-refractivity contribution in [1.82, 2.24) is 35.5 Å². The number of halogens is 1. The van der Waals surface area contributed by atoms with E-state index in [-0.39, 0.29) is 29.6 Å². The number of fused-ring (bicyclic) bond motifs is 2. The van der Waals surface area contributed by atoms with Gasteiger partial charge in [-0.3, -0.25) is 0 Å². The van der Waals surface area contributed by atoms with Crippen LogP contribution in [0.4, 0.5) is 10.3 Å². The third kappa shape index (κ3) is 3.74. The number of benzene rings is 1.